The molecule has 0 saturated heterocycles. The quantitative estimate of drug-likeness (QED) is 0.773. The maximum Gasteiger partial charge on any atom is 0.00993 e. The van der Waals surface area contributed by atoms with Crippen LogP contribution in [0.1, 0.15) is 25.1 Å². The minimum absolute atomic E-state index is 0.309. The van der Waals surface area contributed by atoms with E-state index in [1.807, 2.05) is 0 Å². The van der Waals surface area contributed by atoms with Gasteiger partial charge in [0, 0.05) is 10.9 Å². The molecule has 0 aromatic carbocycles. The molecule has 1 unspecified atom stereocenters. The first kappa shape index (κ1) is 12.7. The number of rotatable bonds is 7. The second-order valence-corrected chi connectivity index (χ2v) is 4.89. The summed E-state index contributed by atoms with van der Waals surface area (Å²) < 4.78 is 0. The van der Waals surface area contributed by atoms with Gasteiger partial charge in [-0.1, -0.05) is 19.9 Å². The van der Waals surface area contributed by atoms with Crippen LogP contribution >= 0.6 is 11.3 Å². The average molecular weight is 226 g/mol. The van der Waals surface area contributed by atoms with E-state index in [2.05, 4.69) is 36.3 Å². The van der Waals surface area contributed by atoms with E-state index in [4.69, 9.17) is 5.73 Å². The van der Waals surface area contributed by atoms with Crippen molar-refractivity contribution in [3.05, 3.63) is 22.4 Å². The van der Waals surface area contributed by atoms with Crippen molar-refractivity contribution in [2.75, 3.05) is 19.6 Å². The molecule has 0 fully saturated rings. The fraction of sp³-hybridized carbons (Fsp3) is 0.667. The summed E-state index contributed by atoms with van der Waals surface area (Å²) in [7, 11) is 0. The second kappa shape index (κ2) is 6.99. The molecule has 1 aromatic heterocycles. The van der Waals surface area contributed by atoms with Gasteiger partial charge in [0.15, 0.2) is 0 Å². The van der Waals surface area contributed by atoms with Crippen molar-refractivity contribution >= 4 is 11.3 Å². The van der Waals surface area contributed by atoms with Crippen LogP contribution < -0.4 is 5.73 Å². The molecular formula is C12H22N2S. The topological polar surface area (TPSA) is 29.3 Å². The molecule has 0 radical (unpaired) electrons. The van der Waals surface area contributed by atoms with Gasteiger partial charge in [0.05, 0.1) is 0 Å². The summed E-state index contributed by atoms with van der Waals surface area (Å²) in [4.78, 5) is 3.83. The molecule has 86 valence electrons. The highest BCUT2D eigenvalue weighted by atomic mass is 32.1. The largest absolute Gasteiger partial charge is 0.327 e. The Hall–Kier alpha value is -0.380. The first-order valence-electron chi connectivity index (χ1n) is 5.76. The van der Waals surface area contributed by atoms with E-state index in [9.17, 15) is 0 Å². The normalized spacial score (nSPS) is 13.3. The molecule has 0 aliphatic carbocycles. The van der Waals surface area contributed by atoms with E-state index in [1.165, 1.54) is 4.88 Å². The lowest BCUT2D eigenvalue weighted by Gasteiger charge is -2.20. The Labute approximate surface area is 97.1 Å². The van der Waals surface area contributed by atoms with Gasteiger partial charge in [-0.3, -0.25) is 0 Å². The monoisotopic (exact) mass is 226 g/mol. The zero-order valence-electron chi connectivity index (χ0n) is 9.78. The van der Waals surface area contributed by atoms with Crippen molar-refractivity contribution < 1.29 is 0 Å². The molecule has 1 aromatic rings. The Morgan fingerprint density at radius 2 is 2.13 bits per heavy atom. The van der Waals surface area contributed by atoms with Crippen LogP contribution in [-0.4, -0.2) is 30.6 Å². The van der Waals surface area contributed by atoms with Gasteiger partial charge in [-0.15, -0.1) is 11.3 Å². The van der Waals surface area contributed by atoms with E-state index in [0.29, 0.717) is 6.04 Å². The van der Waals surface area contributed by atoms with Crippen molar-refractivity contribution in [3.63, 3.8) is 0 Å². The van der Waals surface area contributed by atoms with Crippen molar-refractivity contribution in [2.45, 2.75) is 32.7 Å². The van der Waals surface area contributed by atoms with Crippen LogP contribution in [0, 0.1) is 0 Å². The van der Waals surface area contributed by atoms with Crippen LogP contribution in [0.2, 0.25) is 0 Å². The highest BCUT2D eigenvalue weighted by molar-refractivity contribution is 7.09. The minimum atomic E-state index is 0.309. The predicted molar refractivity (Wildman–Crippen MR) is 68.4 cm³/mol. The first-order valence-corrected chi connectivity index (χ1v) is 6.64. The van der Waals surface area contributed by atoms with E-state index >= 15 is 0 Å². The first-order chi connectivity index (χ1) is 7.26. The number of nitrogens with zero attached hydrogens (tertiary/aromatic N) is 1. The molecule has 1 atom stereocenters. The number of hydrogen-bond donors (Lipinski definition) is 1. The SMILES string of the molecule is CCN(CC)CCC(N)Cc1cccs1. The van der Waals surface area contributed by atoms with Crippen LogP contribution in [0.25, 0.3) is 0 Å². The van der Waals surface area contributed by atoms with Crippen LogP contribution in [-0.2, 0) is 6.42 Å². The van der Waals surface area contributed by atoms with Crippen molar-refractivity contribution in [3.8, 4) is 0 Å². The molecule has 1 rings (SSSR count). The predicted octanol–water partition coefficient (Wildman–Crippen LogP) is 2.35. The standard InChI is InChI=1S/C12H22N2S/c1-3-14(4-2)8-7-11(13)10-12-6-5-9-15-12/h5-6,9,11H,3-4,7-8,10,13H2,1-2H3. The molecule has 2 N–H and O–H groups in total. The zero-order valence-corrected chi connectivity index (χ0v) is 10.6. The molecule has 0 amide bonds. The lowest BCUT2D eigenvalue weighted by atomic mass is 10.1. The fourth-order valence-electron chi connectivity index (χ4n) is 1.68. The Kier molecular flexibility index (Phi) is 5.91. The summed E-state index contributed by atoms with van der Waals surface area (Å²) in [5.41, 5.74) is 6.10. The maximum atomic E-state index is 6.10. The van der Waals surface area contributed by atoms with E-state index < -0.39 is 0 Å². The van der Waals surface area contributed by atoms with Crippen LogP contribution in [0.15, 0.2) is 17.5 Å². The van der Waals surface area contributed by atoms with Gasteiger partial charge < -0.3 is 10.6 Å². The number of hydrogen-bond acceptors (Lipinski definition) is 3. The van der Waals surface area contributed by atoms with E-state index in [0.717, 1.165) is 32.5 Å². The van der Waals surface area contributed by atoms with Crippen molar-refractivity contribution in [1.82, 2.24) is 4.90 Å². The van der Waals surface area contributed by atoms with Gasteiger partial charge >= 0.3 is 0 Å². The highest BCUT2D eigenvalue weighted by Crippen LogP contribution is 2.11. The zero-order chi connectivity index (χ0) is 11.1. The van der Waals surface area contributed by atoms with E-state index in [-0.39, 0.29) is 0 Å². The van der Waals surface area contributed by atoms with Crippen molar-refractivity contribution in [2.24, 2.45) is 5.73 Å². The van der Waals surface area contributed by atoms with Crippen LogP contribution in [0.5, 0.6) is 0 Å². The minimum Gasteiger partial charge on any atom is -0.327 e. The molecule has 1 heterocycles. The summed E-state index contributed by atoms with van der Waals surface area (Å²) in [6.45, 7) is 7.78. The molecule has 2 nitrogen and oxygen atoms in total. The van der Waals surface area contributed by atoms with Gasteiger partial charge in [0.25, 0.3) is 0 Å². The molecule has 3 heteroatoms. The van der Waals surface area contributed by atoms with Gasteiger partial charge in [-0.25, -0.2) is 0 Å². The molecule has 15 heavy (non-hydrogen) atoms. The number of thiophene rings is 1. The summed E-state index contributed by atoms with van der Waals surface area (Å²) >= 11 is 1.80. The summed E-state index contributed by atoms with van der Waals surface area (Å²) in [6.07, 6.45) is 2.12. The Bertz CT molecular complexity index is 242. The number of nitrogens with two attached hydrogens (primary N) is 1. The second-order valence-electron chi connectivity index (χ2n) is 3.86. The third kappa shape index (κ3) is 4.78. The fourth-order valence-corrected chi connectivity index (χ4v) is 2.48. The summed E-state index contributed by atoms with van der Waals surface area (Å²) in [5, 5.41) is 2.12. The lowest BCUT2D eigenvalue weighted by molar-refractivity contribution is 0.290. The molecule has 0 aliphatic rings. The van der Waals surface area contributed by atoms with E-state index in [1.54, 1.807) is 11.3 Å². The van der Waals surface area contributed by atoms with Gasteiger partial charge in [-0.05, 0) is 43.9 Å². The highest BCUT2D eigenvalue weighted by Gasteiger charge is 2.07. The van der Waals surface area contributed by atoms with Crippen LogP contribution in [0.3, 0.4) is 0 Å². The molecule has 0 aliphatic heterocycles. The molecule has 0 bridgehead atoms. The molecule has 0 spiro atoms. The third-order valence-corrected chi connectivity index (χ3v) is 3.65. The smallest absolute Gasteiger partial charge is 0.00993 e. The summed E-state index contributed by atoms with van der Waals surface area (Å²) in [5.74, 6) is 0. The van der Waals surface area contributed by atoms with Crippen LogP contribution in [0.4, 0.5) is 0 Å². The Balaban J connectivity index is 2.21. The average Bonchev–Trinajstić information content (AvgIpc) is 2.72. The lowest BCUT2D eigenvalue weighted by Crippen LogP contribution is -2.31. The van der Waals surface area contributed by atoms with Gasteiger partial charge in [-0.2, -0.15) is 0 Å². The third-order valence-electron chi connectivity index (χ3n) is 2.75. The Morgan fingerprint density at radius 3 is 2.67 bits per heavy atom. The molecular weight excluding hydrogens is 204 g/mol. The summed E-state index contributed by atoms with van der Waals surface area (Å²) in [6, 6.07) is 4.57. The van der Waals surface area contributed by atoms with Crippen molar-refractivity contribution in [1.29, 1.82) is 0 Å². The Morgan fingerprint density at radius 1 is 1.40 bits per heavy atom. The maximum absolute atomic E-state index is 6.10. The van der Waals surface area contributed by atoms with Gasteiger partial charge in [0.2, 0.25) is 0 Å². The molecule has 0 saturated carbocycles. The van der Waals surface area contributed by atoms with Gasteiger partial charge in [0.1, 0.15) is 0 Å².